The summed E-state index contributed by atoms with van der Waals surface area (Å²) in [5.41, 5.74) is 5.37. The normalized spacial score (nSPS) is 20.1. The van der Waals surface area contributed by atoms with Gasteiger partial charge in [-0.25, -0.2) is 9.37 Å². The number of carbonyl (C=O) groups excluding carboxylic acids is 1. The minimum atomic E-state index is -0.825. The van der Waals surface area contributed by atoms with E-state index in [1.54, 1.807) is 4.90 Å². The average Bonchev–Trinajstić information content (AvgIpc) is 3.07. The van der Waals surface area contributed by atoms with Gasteiger partial charge >= 0.3 is 0 Å². The Labute approximate surface area is 270 Å². The highest BCUT2D eigenvalue weighted by molar-refractivity contribution is 5.97. The van der Waals surface area contributed by atoms with Crippen molar-refractivity contribution in [3.05, 3.63) is 71.4 Å². The van der Waals surface area contributed by atoms with E-state index in [0.29, 0.717) is 57.7 Å². The van der Waals surface area contributed by atoms with Gasteiger partial charge in [0.1, 0.15) is 24.4 Å². The number of rotatable bonds is 8. The van der Waals surface area contributed by atoms with E-state index in [4.69, 9.17) is 9.72 Å². The maximum atomic E-state index is 14.0. The molecule has 10 heteroatoms. The molecule has 3 aliphatic heterocycles. The highest BCUT2D eigenvalue weighted by atomic mass is 19.1. The maximum absolute atomic E-state index is 14.0. The standard InChI is InChI=1S/C36H40FN7O2/c1-3-33(45)44-18-17-43(23-28(44)12-14-38)35-29-13-16-42(32-11-5-9-26-8-4-7-25(2)34(26)32)24-31(29)40-36(30(35)21-39)46-20-19-41-15-6-10-27(37)22-41/h3-5,7-9,11,27-28H,1,6,10,12-13,15-20,22-24H2,2H3. The summed E-state index contributed by atoms with van der Waals surface area (Å²) in [6.07, 6.45) is 2.73. The Morgan fingerprint density at radius 2 is 1.96 bits per heavy atom. The van der Waals surface area contributed by atoms with Gasteiger partial charge in [0, 0.05) is 55.9 Å². The number of hydrogen-bond acceptors (Lipinski definition) is 8. The second-order valence-corrected chi connectivity index (χ2v) is 12.4. The largest absolute Gasteiger partial charge is 0.475 e. The average molecular weight is 622 g/mol. The van der Waals surface area contributed by atoms with Crippen molar-refractivity contribution in [2.24, 2.45) is 0 Å². The fourth-order valence-electron chi connectivity index (χ4n) is 7.28. The number of alkyl halides is 1. The lowest BCUT2D eigenvalue weighted by molar-refractivity contribution is -0.128. The van der Waals surface area contributed by atoms with Gasteiger partial charge in [-0.2, -0.15) is 10.5 Å². The molecular formula is C36H40FN7O2. The summed E-state index contributed by atoms with van der Waals surface area (Å²) in [7, 11) is 0. The highest BCUT2D eigenvalue weighted by Gasteiger charge is 2.35. The summed E-state index contributed by atoms with van der Waals surface area (Å²) in [6.45, 7) is 10.5. The molecule has 2 saturated heterocycles. The molecule has 2 unspecified atom stereocenters. The highest BCUT2D eigenvalue weighted by Crippen LogP contribution is 2.40. The lowest BCUT2D eigenvalue weighted by atomic mass is 9.95. The Morgan fingerprint density at radius 1 is 1.13 bits per heavy atom. The Balaban J connectivity index is 1.36. The molecular weight excluding hydrogens is 581 g/mol. The number of pyridine rings is 1. The van der Waals surface area contributed by atoms with Crippen LogP contribution in [0.5, 0.6) is 5.88 Å². The minimum Gasteiger partial charge on any atom is -0.475 e. The number of anilines is 2. The van der Waals surface area contributed by atoms with Crippen molar-refractivity contribution in [1.82, 2.24) is 14.8 Å². The van der Waals surface area contributed by atoms with E-state index in [0.717, 1.165) is 42.1 Å². The predicted molar refractivity (Wildman–Crippen MR) is 177 cm³/mol. The Morgan fingerprint density at radius 3 is 2.72 bits per heavy atom. The Kier molecular flexibility index (Phi) is 9.37. The number of benzene rings is 2. The number of carbonyl (C=O) groups is 1. The van der Waals surface area contributed by atoms with Crippen LogP contribution in [0.15, 0.2) is 49.1 Å². The van der Waals surface area contributed by atoms with Crippen LogP contribution in [0.1, 0.15) is 41.6 Å². The first-order chi connectivity index (χ1) is 22.4. The number of piperidine rings is 1. The van der Waals surface area contributed by atoms with Crippen LogP contribution in [0.4, 0.5) is 15.8 Å². The fourth-order valence-corrected chi connectivity index (χ4v) is 7.28. The minimum absolute atomic E-state index is 0.175. The number of nitriles is 2. The van der Waals surface area contributed by atoms with E-state index in [-0.39, 0.29) is 30.9 Å². The number of aryl methyl sites for hydroxylation is 1. The first-order valence-electron chi connectivity index (χ1n) is 16.1. The Hall–Kier alpha value is -4.67. The lowest BCUT2D eigenvalue weighted by Crippen LogP contribution is -2.55. The van der Waals surface area contributed by atoms with Crippen LogP contribution in [0.3, 0.4) is 0 Å². The summed E-state index contributed by atoms with van der Waals surface area (Å²) in [5.74, 6) is 0.0814. The fraction of sp³-hybridized carbons (Fsp3) is 0.444. The third-order valence-corrected chi connectivity index (χ3v) is 9.52. The van der Waals surface area contributed by atoms with E-state index in [9.17, 15) is 19.7 Å². The topological polar surface area (TPSA) is 99.7 Å². The van der Waals surface area contributed by atoms with Crippen molar-refractivity contribution < 1.29 is 13.9 Å². The van der Waals surface area contributed by atoms with Gasteiger partial charge in [-0.15, -0.1) is 0 Å². The summed E-state index contributed by atoms with van der Waals surface area (Å²) in [4.78, 5) is 25.9. The van der Waals surface area contributed by atoms with Crippen molar-refractivity contribution in [3.63, 3.8) is 0 Å². The van der Waals surface area contributed by atoms with Gasteiger partial charge in [0.2, 0.25) is 11.8 Å². The number of piperazine rings is 1. The molecule has 0 bridgehead atoms. The molecule has 3 aliphatic rings. The van der Waals surface area contributed by atoms with Gasteiger partial charge in [0.25, 0.3) is 0 Å². The van der Waals surface area contributed by atoms with Crippen molar-refractivity contribution in [2.75, 3.05) is 62.2 Å². The molecule has 0 N–H and O–H groups in total. The summed E-state index contributed by atoms with van der Waals surface area (Å²) < 4.78 is 20.3. The van der Waals surface area contributed by atoms with Crippen LogP contribution < -0.4 is 14.5 Å². The summed E-state index contributed by atoms with van der Waals surface area (Å²) in [5, 5.41) is 22.5. The molecule has 9 nitrogen and oxygen atoms in total. The van der Waals surface area contributed by atoms with Crippen molar-refractivity contribution in [1.29, 1.82) is 10.5 Å². The van der Waals surface area contributed by atoms with Gasteiger partial charge < -0.3 is 19.4 Å². The van der Waals surface area contributed by atoms with Gasteiger partial charge in [-0.1, -0.05) is 36.9 Å². The van der Waals surface area contributed by atoms with Crippen LogP contribution in [0, 0.1) is 29.6 Å². The number of fused-ring (bicyclic) bond motifs is 2. The van der Waals surface area contributed by atoms with E-state index in [1.165, 1.54) is 22.4 Å². The van der Waals surface area contributed by atoms with Crippen LogP contribution >= 0.6 is 0 Å². The first-order valence-corrected chi connectivity index (χ1v) is 16.1. The van der Waals surface area contributed by atoms with Gasteiger partial charge in [0.05, 0.1) is 36.5 Å². The quantitative estimate of drug-likeness (QED) is 0.328. The number of halogens is 1. The predicted octanol–water partition coefficient (Wildman–Crippen LogP) is 4.91. The lowest BCUT2D eigenvalue weighted by Gasteiger charge is -2.43. The van der Waals surface area contributed by atoms with E-state index >= 15 is 0 Å². The molecule has 0 saturated carbocycles. The molecule has 3 aromatic rings. The van der Waals surface area contributed by atoms with E-state index in [1.807, 2.05) is 0 Å². The van der Waals surface area contributed by atoms with Crippen LogP contribution in [0.2, 0.25) is 0 Å². The number of aromatic nitrogens is 1. The zero-order chi connectivity index (χ0) is 32.2. The smallest absolute Gasteiger partial charge is 0.246 e. The Bertz CT molecular complexity index is 1710. The van der Waals surface area contributed by atoms with Crippen molar-refractivity contribution >= 4 is 28.1 Å². The molecule has 2 atom stereocenters. The molecule has 0 aliphatic carbocycles. The first kappa shape index (κ1) is 31.3. The van der Waals surface area contributed by atoms with Crippen molar-refractivity contribution in [3.8, 4) is 18.0 Å². The molecule has 6 rings (SSSR count). The second-order valence-electron chi connectivity index (χ2n) is 12.4. The molecule has 0 spiro atoms. The van der Waals surface area contributed by atoms with Crippen molar-refractivity contribution in [2.45, 2.75) is 51.4 Å². The molecule has 2 aromatic carbocycles. The number of nitrogens with zero attached hydrogens (tertiary/aromatic N) is 7. The van der Waals surface area contributed by atoms with Crippen LogP contribution in [0.25, 0.3) is 10.8 Å². The van der Waals surface area contributed by atoms with Gasteiger partial charge in [0.15, 0.2) is 0 Å². The molecule has 238 valence electrons. The third-order valence-electron chi connectivity index (χ3n) is 9.52. The summed E-state index contributed by atoms with van der Waals surface area (Å²) in [6, 6.07) is 17.0. The van der Waals surface area contributed by atoms with Crippen LogP contribution in [-0.2, 0) is 17.8 Å². The molecule has 1 amide bonds. The van der Waals surface area contributed by atoms with Crippen LogP contribution in [-0.4, -0.2) is 85.3 Å². The zero-order valence-electron chi connectivity index (χ0n) is 26.4. The number of ether oxygens (including phenoxy) is 1. The number of hydrogen-bond donors (Lipinski definition) is 0. The maximum Gasteiger partial charge on any atom is 0.246 e. The molecule has 1 aromatic heterocycles. The molecule has 4 heterocycles. The van der Waals surface area contributed by atoms with Gasteiger partial charge in [-0.05, 0) is 55.8 Å². The van der Waals surface area contributed by atoms with Gasteiger partial charge in [-0.3, -0.25) is 9.69 Å². The van der Waals surface area contributed by atoms with E-state index < -0.39 is 6.17 Å². The molecule has 2 fully saturated rings. The molecule has 0 radical (unpaired) electrons. The monoisotopic (exact) mass is 621 g/mol. The number of likely N-dealkylation sites (tertiary alicyclic amines) is 1. The second kappa shape index (κ2) is 13.8. The summed E-state index contributed by atoms with van der Waals surface area (Å²) >= 11 is 0. The molecule has 46 heavy (non-hydrogen) atoms. The van der Waals surface area contributed by atoms with E-state index in [2.05, 4.69) is 76.7 Å². The number of amides is 1. The zero-order valence-corrected chi connectivity index (χ0v) is 26.4. The third kappa shape index (κ3) is 6.23. The SMILES string of the molecule is C=CC(=O)N1CCN(c2c(C#N)c(OCCN3CCCC(F)C3)nc3c2CCN(c2cccc4cccc(C)c24)C3)CC1CC#N.